The third kappa shape index (κ3) is 5.45. The summed E-state index contributed by atoms with van der Waals surface area (Å²) in [5.74, 6) is -0.975. The number of benzene rings is 2. The molecule has 1 N–H and O–H groups in total. The van der Waals surface area contributed by atoms with E-state index in [0.29, 0.717) is 42.2 Å². The summed E-state index contributed by atoms with van der Waals surface area (Å²) < 4.78 is 40.3. The molecule has 1 aliphatic heterocycles. The topological polar surface area (TPSA) is 103 Å². The lowest BCUT2D eigenvalue weighted by molar-refractivity contribution is -0.132. The molecule has 0 aromatic heterocycles. The average molecular weight is 523 g/mol. The highest BCUT2D eigenvalue weighted by Gasteiger charge is 2.26. The first-order valence-electron chi connectivity index (χ1n) is 11.6. The van der Waals surface area contributed by atoms with E-state index in [1.54, 1.807) is 42.5 Å². The van der Waals surface area contributed by atoms with Gasteiger partial charge in [0, 0.05) is 44.0 Å². The van der Waals surface area contributed by atoms with E-state index in [1.807, 2.05) is 4.90 Å². The van der Waals surface area contributed by atoms with Crippen LogP contribution in [-0.2, 0) is 21.2 Å². The molecule has 0 atom stereocenters. The number of rotatable bonds is 7. The number of aliphatic imine (C=N–C) groups is 2. The number of sulfonamides is 1. The second-order valence-corrected chi connectivity index (χ2v) is 10.9. The molecule has 0 fully saturated rings. The number of halogens is 1. The minimum atomic E-state index is -3.59. The van der Waals surface area contributed by atoms with Gasteiger partial charge in [0.2, 0.25) is 10.0 Å². The van der Waals surface area contributed by atoms with Crippen molar-refractivity contribution in [1.29, 1.82) is 0 Å². The molecule has 1 aliphatic carbocycles. The fraction of sp³-hybridized carbons (Fsp3) is 0.222. The van der Waals surface area contributed by atoms with Crippen LogP contribution in [0.25, 0.3) is 5.70 Å². The zero-order valence-corrected chi connectivity index (χ0v) is 21.4. The molecule has 0 radical (unpaired) electrons. The fourth-order valence-electron chi connectivity index (χ4n) is 4.23. The summed E-state index contributed by atoms with van der Waals surface area (Å²) in [6.07, 6.45) is 6.43. The van der Waals surface area contributed by atoms with Gasteiger partial charge in [-0.3, -0.25) is 0 Å². The molecular weight excluding hydrogens is 495 g/mol. The van der Waals surface area contributed by atoms with Gasteiger partial charge in [0.1, 0.15) is 11.5 Å². The van der Waals surface area contributed by atoms with Crippen LogP contribution in [0.2, 0.25) is 0 Å². The van der Waals surface area contributed by atoms with Crippen LogP contribution in [0.5, 0.6) is 0 Å². The highest BCUT2D eigenvalue weighted by Crippen LogP contribution is 2.36. The normalized spacial score (nSPS) is 17.4. The molecule has 2 aromatic carbocycles. The van der Waals surface area contributed by atoms with Crippen LogP contribution >= 0.6 is 0 Å². The largest absolute Gasteiger partial charge is 0.478 e. The number of carboxylic acids is 1. The molecule has 2 aromatic rings. The van der Waals surface area contributed by atoms with Gasteiger partial charge in [0.15, 0.2) is 5.82 Å². The smallest absolute Gasteiger partial charge is 0.335 e. The standard InChI is InChI=1S/C27H27FN4O4S/c1-29-26(32-16-4-5-20-17-23(14-15-24(20)32)37(35,36)31(2)3)25(18-6-10-21(28)11-7-18)30-22-12-8-19(9-13-22)27(33)34/h6-12,14-15,17H,1,4-5,13,16H2,2-3H3,(H,33,34)/b26-25+,30-22-. The summed E-state index contributed by atoms with van der Waals surface area (Å²) in [5.41, 5.74) is 3.49. The third-order valence-corrected chi connectivity index (χ3v) is 7.98. The van der Waals surface area contributed by atoms with E-state index in [0.717, 1.165) is 17.7 Å². The van der Waals surface area contributed by atoms with Gasteiger partial charge in [0.25, 0.3) is 0 Å². The predicted molar refractivity (Wildman–Crippen MR) is 143 cm³/mol. The lowest BCUT2D eigenvalue weighted by Crippen LogP contribution is -2.29. The molecular formula is C27H27FN4O4S. The monoisotopic (exact) mass is 522 g/mol. The lowest BCUT2D eigenvalue weighted by Gasteiger charge is -2.32. The molecule has 2 aliphatic rings. The van der Waals surface area contributed by atoms with Crippen molar-refractivity contribution in [1.82, 2.24) is 4.31 Å². The number of allylic oxidation sites excluding steroid dienone is 2. The van der Waals surface area contributed by atoms with E-state index in [2.05, 4.69) is 11.7 Å². The molecule has 192 valence electrons. The quantitative estimate of drug-likeness (QED) is 0.547. The Morgan fingerprint density at radius 3 is 2.46 bits per heavy atom. The fourth-order valence-corrected chi connectivity index (χ4v) is 5.18. The van der Waals surface area contributed by atoms with Gasteiger partial charge in [-0.15, -0.1) is 0 Å². The summed E-state index contributed by atoms with van der Waals surface area (Å²) in [4.78, 5) is 22.5. The van der Waals surface area contributed by atoms with Gasteiger partial charge in [-0.1, -0.05) is 6.08 Å². The first-order chi connectivity index (χ1) is 17.6. The van der Waals surface area contributed by atoms with E-state index >= 15 is 0 Å². The van der Waals surface area contributed by atoms with Gasteiger partial charge < -0.3 is 10.0 Å². The number of fused-ring (bicyclic) bond motifs is 1. The maximum atomic E-state index is 13.7. The highest BCUT2D eigenvalue weighted by molar-refractivity contribution is 7.89. The van der Waals surface area contributed by atoms with Crippen molar-refractivity contribution in [2.75, 3.05) is 25.5 Å². The zero-order valence-electron chi connectivity index (χ0n) is 20.6. The van der Waals surface area contributed by atoms with Gasteiger partial charge >= 0.3 is 5.97 Å². The molecule has 4 rings (SSSR count). The molecule has 0 bridgehead atoms. The van der Waals surface area contributed by atoms with Crippen molar-refractivity contribution in [3.05, 3.63) is 89.0 Å². The van der Waals surface area contributed by atoms with E-state index in [9.17, 15) is 22.7 Å². The van der Waals surface area contributed by atoms with Crippen LogP contribution in [0, 0.1) is 5.82 Å². The maximum absolute atomic E-state index is 13.7. The number of anilines is 1. The van der Waals surface area contributed by atoms with Gasteiger partial charge in [-0.05, 0) is 79.7 Å². The van der Waals surface area contributed by atoms with Crippen LogP contribution in [0.1, 0.15) is 24.0 Å². The predicted octanol–water partition coefficient (Wildman–Crippen LogP) is 4.27. The minimum Gasteiger partial charge on any atom is -0.478 e. The molecule has 37 heavy (non-hydrogen) atoms. The highest BCUT2D eigenvalue weighted by atomic mass is 32.2. The first-order valence-corrected chi connectivity index (χ1v) is 13.0. The molecule has 1 heterocycles. The number of hydrogen-bond donors (Lipinski definition) is 1. The van der Waals surface area contributed by atoms with Crippen LogP contribution < -0.4 is 4.90 Å². The molecule has 8 nitrogen and oxygen atoms in total. The number of carbonyl (C=O) groups is 1. The summed E-state index contributed by atoms with van der Waals surface area (Å²) in [6.45, 7) is 4.37. The van der Waals surface area contributed by atoms with E-state index < -0.39 is 21.8 Å². The summed E-state index contributed by atoms with van der Waals surface area (Å²) in [6, 6.07) is 10.9. The van der Waals surface area contributed by atoms with Crippen molar-refractivity contribution < 1.29 is 22.7 Å². The Morgan fingerprint density at radius 2 is 1.86 bits per heavy atom. The van der Waals surface area contributed by atoms with Crippen molar-refractivity contribution >= 4 is 39.8 Å². The SMILES string of the molecule is C=N/C(=C(\N=C1\C=CC(C(=O)O)=CC1)c1ccc(F)cc1)N1CCCc2cc(S(=O)(=O)N(C)C)ccc21. The molecule has 0 amide bonds. The molecule has 0 spiro atoms. The Balaban J connectivity index is 1.84. The summed E-state index contributed by atoms with van der Waals surface area (Å²) >= 11 is 0. The van der Waals surface area contributed by atoms with Crippen molar-refractivity contribution in [2.45, 2.75) is 24.2 Å². The number of carboxylic acid groups (broad SMARTS) is 1. The van der Waals surface area contributed by atoms with Crippen molar-refractivity contribution in [3.63, 3.8) is 0 Å². The van der Waals surface area contributed by atoms with E-state index in [4.69, 9.17) is 4.99 Å². The van der Waals surface area contributed by atoms with Gasteiger partial charge in [-0.2, -0.15) is 0 Å². The molecule has 0 saturated heterocycles. The Morgan fingerprint density at radius 1 is 1.14 bits per heavy atom. The molecule has 10 heteroatoms. The van der Waals surface area contributed by atoms with Gasteiger partial charge in [-0.25, -0.2) is 31.9 Å². The number of nitrogens with zero attached hydrogens (tertiary/aromatic N) is 4. The molecule has 0 unspecified atom stereocenters. The van der Waals surface area contributed by atoms with Crippen molar-refractivity contribution in [3.8, 4) is 0 Å². The van der Waals surface area contributed by atoms with Crippen LogP contribution in [-0.4, -0.2) is 56.9 Å². The second kappa shape index (κ2) is 10.6. The average Bonchev–Trinajstić information content (AvgIpc) is 2.89. The summed E-state index contributed by atoms with van der Waals surface area (Å²) in [7, 11) is -0.608. The third-order valence-electron chi connectivity index (χ3n) is 6.17. The Hall–Kier alpha value is -3.89. The lowest BCUT2D eigenvalue weighted by atomic mass is 10.0. The minimum absolute atomic E-state index is 0.182. The first kappa shape index (κ1) is 26.2. The second-order valence-electron chi connectivity index (χ2n) is 8.78. The van der Waals surface area contributed by atoms with Crippen molar-refractivity contribution in [2.24, 2.45) is 9.98 Å². The van der Waals surface area contributed by atoms with Crippen LogP contribution in [0.4, 0.5) is 10.1 Å². The number of aliphatic carboxylic acids is 1. The van der Waals surface area contributed by atoms with E-state index in [1.165, 1.54) is 36.6 Å². The van der Waals surface area contributed by atoms with Crippen LogP contribution in [0.15, 0.2) is 87.0 Å². The number of hydrogen-bond acceptors (Lipinski definition) is 6. The van der Waals surface area contributed by atoms with Gasteiger partial charge in [0.05, 0.1) is 10.5 Å². The Bertz CT molecular complexity index is 1470. The maximum Gasteiger partial charge on any atom is 0.335 e. The van der Waals surface area contributed by atoms with E-state index in [-0.39, 0.29) is 10.5 Å². The Labute approximate surface area is 215 Å². The summed E-state index contributed by atoms with van der Waals surface area (Å²) in [5, 5.41) is 9.23. The van der Waals surface area contributed by atoms with Crippen LogP contribution in [0.3, 0.4) is 0 Å². The number of aryl methyl sites for hydroxylation is 1. The Kier molecular flexibility index (Phi) is 7.51. The zero-order chi connectivity index (χ0) is 26.7. The molecule has 0 saturated carbocycles.